The van der Waals surface area contributed by atoms with Gasteiger partial charge in [-0.3, -0.25) is 4.68 Å². The van der Waals surface area contributed by atoms with Gasteiger partial charge in [0, 0.05) is 6.54 Å². The van der Waals surface area contributed by atoms with Crippen molar-refractivity contribution in [3.8, 4) is 5.75 Å². The van der Waals surface area contributed by atoms with Gasteiger partial charge in [0.25, 0.3) is 0 Å². The molecule has 1 heterocycles. The summed E-state index contributed by atoms with van der Waals surface area (Å²) in [5.41, 5.74) is 0.0611. The van der Waals surface area contributed by atoms with Crippen LogP contribution in [0.3, 0.4) is 0 Å². The molecule has 0 unspecified atom stereocenters. The van der Waals surface area contributed by atoms with Crippen molar-refractivity contribution in [2.75, 3.05) is 13.1 Å². The van der Waals surface area contributed by atoms with Gasteiger partial charge in [-0.05, 0) is 51.6 Å². The van der Waals surface area contributed by atoms with Crippen LogP contribution in [0.25, 0.3) is 0 Å². The van der Waals surface area contributed by atoms with E-state index in [2.05, 4.69) is 31.2 Å². The molecule has 0 radical (unpaired) electrons. The molecule has 0 aliphatic heterocycles. The maximum atomic E-state index is 6.20. The summed E-state index contributed by atoms with van der Waals surface area (Å²) in [6, 6.07) is 0. The first-order valence-corrected chi connectivity index (χ1v) is 7.56. The van der Waals surface area contributed by atoms with Crippen LogP contribution >= 0.6 is 0 Å². The van der Waals surface area contributed by atoms with Crippen molar-refractivity contribution in [3.05, 3.63) is 12.4 Å². The van der Waals surface area contributed by atoms with Gasteiger partial charge in [-0.1, -0.05) is 13.8 Å². The molecular weight excluding hydrogens is 238 g/mol. The second-order valence-electron chi connectivity index (χ2n) is 6.02. The number of aromatic nitrogens is 2. The van der Waals surface area contributed by atoms with Crippen molar-refractivity contribution in [2.45, 2.75) is 58.6 Å². The molecule has 1 aromatic heterocycles. The van der Waals surface area contributed by atoms with Crippen molar-refractivity contribution >= 4 is 0 Å². The molecule has 1 fully saturated rings. The zero-order chi connectivity index (χ0) is 13.7. The highest BCUT2D eigenvalue weighted by Crippen LogP contribution is 2.39. The molecule has 1 aliphatic carbocycles. The molecule has 1 saturated carbocycles. The Morgan fingerprint density at radius 1 is 1.47 bits per heavy atom. The Hall–Kier alpha value is -1.03. The fourth-order valence-corrected chi connectivity index (χ4v) is 2.50. The van der Waals surface area contributed by atoms with Crippen LogP contribution in [-0.4, -0.2) is 28.5 Å². The van der Waals surface area contributed by atoms with Crippen LogP contribution in [0.5, 0.6) is 5.75 Å². The first kappa shape index (κ1) is 14.4. The SMILES string of the molecule is CCn1cc(OC2(CCNCC(C)C)CCC2)cn1. The summed E-state index contributed by atoms with van der Waals surface area (Å²) in [5, 5.41) is 7.78. The van der Waals surface area contributed by atoms with Gasteiger partial charge in [-0.2, -0.15) is 5.10 Å². The van der Waals surface area contributed by atoms with E-state index in [4.69, 9.17) is 4.74 Å². The van der Waals surface area contributed by atoms with Gasteiger partial charge in [0.05, 0.1) is 12.4 Å². The quantitative estimate of drug-likeness (QED) is 0.735. The Morgan fingerprint density at radius 2 is 2.26 bits per heavy atom. The van der Waals surface area contributed by atoms with E-state index in [-0.39, 0.29) is 5.60 Å². The highest BCUT2D eigenvalue weighted by atomic mass is 16.5. The molecule has 0 spiro atoms. The molecule has 1 aliphatic rings. The van der Waals surface area contributed by atoms with Crippen molar-refractivity contribution < 1.29 is 4.74 Å². The van der Waals surface area contributed by atoms with E-state index in [0.29, 0.717) is 5.92 Å². The molecule has 4 heteroatoms. The lowest BCUT2D eigenvalue weighted by Gasteiger charge is -2.41. The lowest BCUT2D eigenvalue weighted by Crippen LogP contribution is -2.45. The van der Waals surface area contributed by atoms with Crippen molar-refractivity contribution in [2.24, 2.45) is 5.92 Å². The predicted molar refractivity (Wildman–Crippen MR) is 77.4 cm³/mol. The monoisotopic (exact) mass is 265 g/mol. The summed E-state index contributed by atoms with van der Waals surface area (Å²) in [5.74, 6) is 1.63. The summed E-state index contributed by atoms with van der Waals surface area (Å²) in [6.07, 6.45) is 8.57. The van der Waals surface area contributed by atoms with Gasteiger partial charge in [0.15, 0.2) is 5.75 Å². The number of nitrogens with one attached hydrogen (secondary N) is 1. The van der Waals surface area contributed by atoms with Crippen LogP contribution < -0.4 is 10.1 Å². The van der Waals surface area contributed by atoms with Gasteiger partial charge >= 0.3 is 0 Å². The maximum absolute atomic E-state index is 6.20. The lowest BCUT2D eigenvalue weighted by atomic mass is 9.77. The summed E-state index contributed by atoms with van der Waals surface area (Å²) >= 11 is 0. The largest absolute Gasteiger partial charge is 0.484 e. The summed E-state index contributed by atoms with van der Waals surface area (Å²) < 4.78 is 8.12. The number of rotatable bonds is 8. The molecule has 1 N–H and O–H groups in total. The number of nitrogens with zero attached hydrogens (tertiary/aromatic N) is 2. The first-order chi connectivity index (χ1) is 9.13. The standard InChI is InChI=1S/C15H27N3O/c1-4-18-12-14(11-17-18)19-15(6-5-7-15)8-9-16-10-13(2)3/h11-13,16H,4-10H2,1-3H3. The van der Waals surface area contributed by atoms with E-state index in [1.54, 1.807) is 0 Å². The average Bonchev–Trinajstić information content (AvgIpc) is 2.78. The van der Waals surface area contributed by atoms with Crippen LogP contribution in [0.1, 0.15) is 46.5 Å². The van der Waals surface area contributed by atoms with Crippen LogP contribution in [0.15, 0.2) is 12.4 Å². The Bertz CT molecular complexity index is 382. The molecule has 108 valence electrons. The smallest absolute Gasteiger partial charge is 0.158 e. The van der Waals surface area contributed by atoms with Gasteiger partial charge in [0.1, 0.15) is 5.60 Å². The van der Waals surface area contributed by atoms with E-state index in [9.17, 15) is 0 Å². The second kappa shape index (κ2) is 6.42. The van der Waals surface area contributed by atoms with Crippen molar-refractivity contribution in [1.82, 2.24) is 15.1 Å². The Balaban J connectivity index is 1.81. The molecule has 1 aromatic rings. The van der Waals surface area contributed by atoms with Crippen LogP contribution in [0, 0.1) is 5.92 Å². The minimum absolute atomic E-state index is 0.0611. The van der Waals surface area contributed by atoms with Crippen molar-refractivity contribution in [3.63, 3.8) is 0 Å². The summed E-state index contributed by atoms with van der Waals surface area (Å²) in [7, 11) is 0. The van der Waals surface area contributed by atoms with Crippen LogP contribution in [0.2, 0.25) is 0 Å². The zero-order valence-corrected chi connectivity index (χ0v) is 12.5. The molecule has 2 rings (SSSR count). The van der Waals surface area contributed by atoms with E-state index in [0.717, 1.165) is 31.8 Å². The summed E-state index contributed by atoms with van der Waals surface area (Å²) in [6.45, 7) is 9.59. The van der Waals surface area contributed by atoms with E-state index >= 15 is 0 Å². The highest BCUT2D eigenvalue weighted by Gasteiger charge is 2.39. The van der Waals surface area contributed by atoms with E-state index in [1.165, 1.54) is 19.3 Å². The predicted octanol–water partition coefficient (Wildman–Crippen LogP) is 2.84. The van der Waals surface area contributed by atoms with Gasteiger partial charge in [0.2, 0.25) is 0 Å². The Morgan fingerprint density at radius 3 is 2.79 bits per heavy atom. The van der Waals surface area contributed by atoms with Crippen molar-refractivity contribution in [1.29, 1.82) is 0 Å². The molecule has 4 nitrogen and oxygen atoms in total. The Kier molecular flexibility index (Phi) is 4.86. The molecule has 0 amide bonds. The minimum atomic E-state index is 0.0611. The first-order valence-electron chi connectivity index (χ1n) is 7.56. The van der Waals surface area contributed by atoms with Crippen LogP contribution in [-0.2, 0) is 6.54 Å². The average molecular weight is 265 g/mol. The third kappa shape index (κ3) is 3.96. The molecule has 0 saturated heterocycles. The van der Waals surface area contributed by atoms with E-state index in [1.807, 2.05) is 17.1 Å². The lowest BCUT2D eigenvalue weighted by molar-refractivity contribution is -0.0144. The van der Waals surface area contributed by atoms with Gasteiger partial charge < -0.3 is 10.1 Å². The number of aryl methyl sites for hydroxylation is 1. The molecule has 0 bridgehead atoms. The van der Waals surface area contributed by atoms with Crippen LogP contribution in [0.4, 0.5) is 0 Å². The Labute approximate surface area is 116 Å². The highest BCUT2D eigenvalue weighted by molar-refractivity contribution is 5.14. The van der Waals surface area contributed by atoms with E-state index < -0.39 is 0 Å². The normalized spacial score (nSPS) is 17.5. The summed E-state index contributed by atoms with van der Waals surface area (Å²) in [4.78, 5) is 0. The minimum Gasteiger partial charge on any atom is -0.484 e. The second-order valence-corrected chi connectivity index (χ2v) is 6.02. The zero-order valence-electron chi connectivity index (χ0n) is 12.5. The number of hydrogen-bond acceptors (Lipinski definition) is 3. The van der Waals surface area contributed by atoms with Gasteiger partial charge in [-0.25, -0.2) is 0 Å². The molecular formula is C15H27N3O. The number of ether oxygens (including phenoxy) is 1. The maximum Gasteiger partial charge on any atom is 0.158 e. The third-order valence-corrected chi connectivity index (χ3v) is 3.84. The molecule has 19 heavy (non-hydrogen) atoms. The number of hydrogen-bond donors (Lipinski definition) is 1. The fourth-order valence-electron chi connectivity index (χ4n) is 2.50. The third-order valence-electron chi connectivity index (χ3n) is 3.84. The molecule has 0 atom stereocenters. The molecule has 0 aromatic carbocycles. The fraction of sp³-hybridized carbons (Fsp3) is 0.800. The topological polar surface area (TPSA) is 39.1 Å². The van der Waals surface area contributed by atoms with Gasteiger partial charge in [-0.15, -0.1) is 0 Å².